The topological polar surface area (TPSA) is 106 Å². The summed E-state index contributed by atoms with van der Waals surface area (Å²) in [5, 5.41) is 21.9. The summed E-state index contributed by atoms with van der Waals surface area (Å²) in [5.74, 6) is -0.328. The van der Waals surface area contributed by atoms with Gasteiger partial charge in [-0.05, 0) is 24.3 Å². The number of rotatable bonds is 7. The summed E-state index contributed by atoms with van der Waals surface area (Å²) in [6.07, 6.45) is 0. The lowest BCUT2D eigenvalue weighted by Gasteiger charge is -2.06. The molecular weight excluding hydrogens is 383 g/mol. The third-order valence-corrected chi connectivity index (χ3v) is 3.66. The number of ether oxygens (including phenoxy) is 1. The molecule has 8 nitrogen and oxygen atoms in total. The first-order valence-electron chi connectivity index (χ1n) is 7.39. The van der Waals surface area contributed by atoms with Gasteiger partial charge < -0.3 is 10.1 Å². The molecule has 0 atom stereocenters. The van der Waals surface area contributed by atoms with Crippen LogP contribution in [0, 0.1) is 10.1 Å². The second kappa shape index (κ2) is 9.12. The van der Waals surface area contributed by atoms with Crippen molar-refractivity contribution in [3.63, 3.8) is 0 Å². The molecular formula is C16H14Cl2N4O4. The van der Waals surface area contributed by atoms with Crippen molar-refractivity contribution < 1.29 is 14.5 Å². The van der Waals surface area contributed by atoms with Gasteiger partial charge in [-0.2, -0.15) is 5.11 Å². The Morgan fingerprint density at radius 1 is 1.19 bits per heavy atom. The van der Waals surface area contributed by atoms with Crippen LogP contribution in [0.2, 0.25) is 10.0 Å². The van der Waals surface area contributed by atoms with Gasteiger partial charge in [0.2, 0.25) is 0 Å². The van der Waals surface area contributed by atoms with Crippen molar-refractivity contribution in [1.29, 1.82) is 0 Å². The van der Waals surface area contributed by atoms with E-state index in [0.717, 1.165) is 17.8 Å². The molecule has 2 aromatic carbocycles. The van der Waals surface area contributed by atoms with Gasteiger partial charge in [0.1, 0.15) is 12.3 Å². The summed E-state index contributed by atoms with van der Waals surface area (Å²) in [5.41, 5.74) is 1.30. The highest BCUT2D eigenvalue weighted by atomic mass is 35.5. The molecule has 10 heteroatoms. The lowest BCUT2D eigenvalue weighted by molar-refractivity contribution is -0.384. The molecule has 2 aromatic rings. The third-order valence-electron chi connectivity index (χ3n) is 3.08. The van der Waals surface area contributed by atoms with E-state index in [4.69, 9.17) is 27.9 Å². The van der Waals surface area contributed by atoms with E-state index in [2.05, 4.69) is 15.5 Å². The molecule has 0 aliphatic rings. The fourth-order valence-electron chi connectivity index (χ4n) is 1.90. The van der Waals surface area contributed by atoms with Gasteiger partial charge in [0, 0.05) is 31.3 Å². The van der Waals surface area contributed by atoms with Crippen LogP contribution in [0.3, 0.4) is 0 Å². The number of hydrogen-bond donors (Lipinski definition) is 1. The second-order valence-corrected chi connectivity index (χ2v) is 5.84. The molecule has 0 saturated heterocycles. The zero-order chi connectivity index (χ0) is 19.1. The number of nitro groups is 1. The molecule has 0 aliphatic heterocycles. The number of non-ortho nitro benzene ring substituents is 1. The summed E-state index contributed by atoms with van der Waals surface area (Å²) in [6, 6.07) is 9.31. The summed E-state index contributed by atoms with van der Waals surface area (Å²) in [4.78, 5) is 20.8. The van der Waals surface area contributed by atoms with E-state index in [1.807, 2.05) is 0 Å². The largest absolute Gasteiger partial charge is 0.464 e. The zero-order valence-electron chi connectivity index (χ0n) is 13.6. The molecule has 0 unspecified atom stereocenters. The Labute approximate surface area is 158 Å². The minimum Gasteiger partial charge on any atom is -0.464 e. The van der Waals surface area contributed by atoms with Crippen LogP contribution in [0.4, 0.5) is 22.7 Å². The Morgan fingerprint density at radius 3 is 2.35 bits per heavy atom. The number of esters is 1. The van der Waals surface area contributed by atoms with Crippen LogP contribution in [0.5, 0.6) is 0 Å². The first kappa shape index (κ1) is 19.6. The number of halogens is 2. The van der Waals surface area contributed by atoms with Gasteiger partial charge in [-0.25, -0.2) is 0 Å². The van der Waals surface area contributed by atoms with Crippen molar-refractivity contribution in [2.75, 3.05) is 18.5 Å². The predicted molar refractivity (Wildman–Crippen MR) is 98.9 cm³/mol. The molecule has 0 saturated carbocycles. The minimum atomic E-state index is -0.591. The number of carbonyl (C=O) groups is 1. The van der Waals surface area contributed by atoms with Crippen molar-refractivity contribution in [3.05, 3.63) is 56.6 Å². The van der Waals surface area contributed by atoms with Crippen LogP contribution in [-0.2, 0) is 9.53 Å². The highest BCUT2D eigenvalue weighted by molar-refractivity contribution is 6.39. The normalized spacial score (nSPS) is 10.7. The van der Waals surface area contributed by atoms with Crippen molar-refractivity contribution >= 4 is 51.9 Å². The molecule has 2 rings (SSSR count). The van der Waals surface area contributed by atoms with E-state index < -0.39 is 4.92 Å². The molecule has 1 N–H and O–H groups in total. The molecule has 0 radical (unpaired) electrons. The van der Waals surface area contributed by atoms with Crippen LogP contribution < -0.4 is 5.32 Å². The van der Waals surface area contributed by atoms with Gasteiger partial charge >= 0.3 is 5.97 Å². The maximum Gasteiger partial charge on any atom is 0.302 e. The van der Waals surface area contributed by atoms with Crippen LogP contribution in [-0.4, -0.2) is 24.0 Å². The maximum atomic E-state index is 10.8. The smallest absolute Gasteiger partial charge is 0.302 e. The Morgan fingerprint density at radius 2 is 1.81 bits per heavy atom. The SMILES string of the molecule is CC(=O)OCCNc1ccc(N=Nc2c(Cl)cc([N+](=O)[O-])cc2Cl)cc1. The average Bonchev–Trinajstić information content (AvgIpc) is 2.58. The Balaban J connectivity index is 2.02. The van der Waals surface area contributed by atoms with E-state index in [0.29, 0.717) is 12.2 Å². The Bertz CT molecular complexity index is 818. The first-order chi connectivity index (χ1) is 12.4. The van der Waals surface area contributed by atoms with Gasteiger partial charge in [0.15, 0.2) is 0 Å². The van der Waals surface area contributed by atoms with Crippen LogP contribution in [0.15, 0.2) is 46.6 Å². The fraction of sp³-hybridized carbons (Fsp3) is 0.188. The van der Waals surface area contributed by atoms with Crippen molar-refractivity contribution in [2.24, 2.45) is 10.2 Å². The molecule has 0 bridgehead atoms. The van der Waals surface area contributed by atoms with Crippen molar-refractivity contribution in [2.45, 2.75) is 6.92 Å². The van der Waals surface area contributed by atoms with Gasteiger partial charge in [-0.15, -0.1) is 5.11 Å². The number of nitro benzene ring substituents is 1. The Hall–Kier alpha value is -2.71. The standard InChI is InChI=1S/C16H14Cl2N4O4/c1-10(23)26-7-6-19-11-2-4-12(5-3-11)20-21-16-14(17)8-13(22(24)25)9-15(16)18/h2-5,8-9,19H,6-7H2,1H3. The number of anilines is 1. The van der Waals surface area contributed by atoms with Gasteiger partial charge in [0.25, 0.3) is 5.69 Å². The van der Waals surface area contributed by atoms with Gasteiger partial charge in [-0.3, -0.25) is 14.9 Å². The average molecular weight is 397 g/mol. The third kappa shape index (κ3) is 5.68. The second-order valence-electron chi connectivity index (χ2n) is 5.03. The fourth-order valence-corrected chi connectivity index (χ4v) is 2.45. The number of nitrogens with one attached hydrogen (secondary N) is 1. The van der Waals surface area contributed by atoms with Crippen LogP contribution in [0.1, 0.15) is 6.92 Å². The first-order valence-corrected chi connectivity index (χ1v) is 8.15. The lowest BCUT2D eigenvalue weighted by atomic mass is 10.3. The van der Waals surface area contributed by atoms with E-state index in [1.54, 1.807) is 24.3 Å². The molecule has 0 aromatic heterocycles. The summed E-state index contributed by atoms with van der Waals surface area (Å²) >= 11 is 11.9. The number of hydrogen-bond acceptors (Lipinski definition) is 7. The number of nitrogens with zero attached hydrogens (tertiary/aromatic N) is 3. The predicted octanol–water partition coefficient (Wildman–Crippen LogP) is 5.29. The molecule has 0 aliphatic carbocycles. The maximum absolute atomic E-state index is 10.8. The minimum absolute atomic E-state index is 0.0386. The van der Waals surface area contributed by atoms with E-state index in [-0.39, 0.29) is 34.0 Å². The summed E-state index contributed by atoms with van der Waals surface area (Å²) in [6.45, 7) is 2.10. The summed E-state index contributed by atoms with van der Waals surface area (Å²) in [7, 11) is 0. The molecule has 0 spiro atoms. The zero-order valence-corrected chi connectivity index (χ0v) is 15.1. The van der Waals surface area contributed by atoms with Gasteiger partial charge in [-0.1, -0.05) is 23.2 Å². The lowest BCUT2D eigenvalue weighted by Crippen LogP contribution is -2.11. The monoisotopic (exact) mass is 396 g/mol. The van der Waals surface area contributed by atoms with Crippen molar-refractivity contribution in [3.8, 4) is 0 Å². The number of azo groups is 1. The molecule has 26 heavy (non-hydrogen) atoms. The molecule has 0 amide bonds. The van der Waals surface area contributed by atoms with Crippen LogP contribution in [0.25, 0.3) is 0 Å². The highest BCUT2D eigenvalue weighted by Crippen LogP contribution is 2.37. The van der Waals surface area contributed by atoms with E-state index >= 15 is 0 Å². The Kier molecular flexibility index (Phi) is 6.88. The summed E-state index contributed by atoms with van der Waals surface area (Å²) < 4.78 is 4.82. The highest BCUT2D eigenvalue weighted by Gasteiger charge is 2.14. The molecule has 136 valence electrons. The molecule has 0 heterocycles. The van der Waals surface area contributed by atoms with E-state index in [1.165, 1.54) is 6.92 Å². The van der Waals surface area contributed by atoms with Crippen LogP contribution >= 0.6 is 23.2 Å². The van der Waals surface area contributed by atoms with Crippen molar-refractivity contribution in [1.82, 2.24) is 0 Å². The number of carbonyl (C=O) groups excluding carboxylic acids is 1. The van der Waals surface area contributed by atoms with E-state index in [9.17, 15) is 14.9 Å². The quantitative estimate of drug-likeness (QED) is 0.225. The molecule has 0 fully saturated rings. The number of benzene rings is 2. The van der Waals surface area contributed by atoms with Gasteiger partial charge in [0.05, 0.1) is 20.7 Å².